The average molecular weight is 269 g/mol. The molecule has 19 heavy (non-hydrogen) atoms. The number of ether oxygens (including phenoxy) is 2. The number of hydrogen-bond donors (Lipinski definition) is 0. The van der Waals surface area contributed by atoms with Crippen molar-refractivity contribution in [1.82, 2.24) is 4.90 Å². The molecule has 0 N–H and O–H groups in total. The Morgan fingerprint density at radius 3 is 2.58 bits per heavy atom. The molecule has 1 aliphatic heterocycles. The minimum atomic E-state index is -0.0374. The topological polar surface area (TPSA) is 38.8 Å². The Kier molecular flexibility index (Phi) is 6.11. The van der Waals surface area contributed by atoms with Gasteiger partial charge in [0.05, 0.1) is 26.2 Å². The van der Waals surface area contributed by atoms with Gasteiger partial charge in [0, 0.05) is 19.1 Å². The molecular weight excluding hydrogens is 242 g/mol. The second-order valence-electron chi connectivity index (χ2n) is 5.62. The molecule has 1 atom stereocenters. The molecule has 110 valence electrons. The van der Waals surface area contributed by atoms with Crippen molar-refractivity contribution in [2.24, 2.45) is 5.92 Å². The van der Waals surface area contributed by atoms with Crippen LogP contribution in [0.5, 0.6) is 0 Å². The van der Waals surface area contributed by atoms with Crippen LogP contribution >= 0.6 is 0 Å². The molecule has 2 rings (SSSR count). The Bertz CT molecular complexity index is 253. The van der Waals surface area contributed by atoms with Gasteiger partial charge in [-0.05, 0) is 25.7 Å². The summed E-state index contributed by atoms with van der Waals surface area (Å²) in [6.45, 7) is 5.88. The highest BCUT2D eigenvalue weighted by Gasteiger charge is 2.31. The molecule has 1 aliphatic carbocycles. The van der Waals surface area contributed by atoms with Crippen molar-refractivity contribution < 1.29 is 14.3 Å². The third kappa shape index (κ3) is 4.46. The molecule has 0 radical (unpaired) electrons. The quantitative estimate of drug-likeness (QED) is 0.717. The van der Waals surface area contributed by atoms with Gasteiger partial charge in [0.15, 0.2) is 0 Å². The van der Waals surface area contributed by atoms with Crippen LogP contribution in [0.2, 0.25) is 0 Å². The van der Waals surface area contributed by atoms with E-state index in [9.17, 15) is 4.79 Å². The molecule has 0 bridgehead atoms. The Morgan fingerprint density at radius 1 is 1.26 bits per heavy atom. The summed E-state index contributed by atoms with van der Waals surface area (Å²) in [5, 5.41) is 0. The van der Waals surface area contributed by atoms with E-state index in [0.29, 0.717) is 25.0 Å². The van der Waals surface area contributed by atoms with Crippen LogP contribution in [0.25, 0.3) is 0 Å². The van der Waals surface area contributed by atoms with Gasteiger partial charge in [-0.2, -0.15) is 0 Å². The van der Waals surface area contributed by atoms with Gasteiger partial charge < -0.3 is 9.47 Å². The molecular formula is C15H27NO3. The number of morpholine rings is 1. The molecule has 0 aromatic heterocycles. The number of carbonyl (C=O) groups excluding carboxylic acids is 1. The zero-order valence-electron chi connectivity index (χ0n) is 12.1. The summed E-state index contributed by atoms with van der Waals surface area (Å²) < 4.78 is 10.6. The lowest BCUT2D eigenvalue weighted by molar-refractivity contribution is -0.146. The largest absolute Gasteiger partial charge is 0.466 e. The van der Waals surface area contributed by atoms with E-state index in [0.717, 1.165) is 26.3 Å². The maximum atomic E-state index is 11.9. The van der Waals surface area contributed by atoms with E-state index in [2.05, 4.69) is 4.90 Å². The zero-order chi connectivity index (χ0) is 13.5. The number of nitrogens with zero attached hydrogens (tertiary/aromatic N) is 1. The van der Waals surface area contributed by atoms with E-state index in [-0.39, 0.29) is 5.97 Å². The van der Waals surface area contributed by atoms with E-state index < -0.39 is 0 Å². The average Bonchev–Trinajstić information content (AvgIpc) is 2.47. The second-order valence-corrected chi connectivity index (χ2v) is 5.62. The number of hydrogen-bond acceptors (Lipinski definition) is 4. The fourth-order valence-electron chi connectivity index (χ4n) is 3.41. The molecule has 0 spiro atoms. The summed E-state index contributed by atoms with van der Waals surface area (Å²) in [5.74, 6) is 0.626. The van der Waals surface area contributed by atoms with E-state index in [1.54, 1.807) is 0 Å². The van der Waals surface area contributed by atoms with E-state index >= 15 is 0 Å². The SMILES string of the molecule is CCOC(=O)CC(C1CCCCC1)N1CCOCC1. The molecule has 1 unspecified atom stereocenters. The highest BCUT2D eigenvalue weighted by atomic mass is 16.5. The van der Waals surface area contributed by atoms with Crippen molar-refractivity contribution in [3.63, 3.8) is 0 Å². The zero-order valence-corrected chi connectivity index (χ0v) is 12.1. The third-order valence-corrected chi connectivity index (χ3v) is 4.39. The first-order chi connectivity index (χ1) is 9.31. The van der Waals surface area contributed by atoms with Crippen LogP contribution < -0.4 is 0 Å². The Labute approximate surface area is 116 Å². The van der Waals surface area contributed by atoms with Gasteiger partial charge in [-0.1, -0.05) is 19.3 Å². The van der Waals surface area contributed by atoms with Crippen molar-refractivity contribution in [2.75, 3.05) is 32.9 Å². The number of carbonyl (C=O) groups is 1. The smallest absolute Gasteiger partial charge is 0.307 e. The van der Waals surface area contributed by atoms with E-state index in [1.807, 2.05) is 6.92 Å². The van der Waals surface area contributed by atoms with Crippen LogP contribution in [-0.2, 0) is 14.3 Å². The summed E-state index contributed by atoms with van der Waals surface area (Å²) >= 11 is 0. The van der Waals surface area contributed by atoms with Crippen LogP contribution in [0.3, 0.4) is 0 Å². The standard InChI is InChI=1S/C15H27NO3/c1-2-19-15(17)12-14(13-6-4-3-5-7-13)16-8-10-18-11-9-16/h13-14H,2-12H2,1H3. The first kappa shape index (κ1) is 14.8. The molecule has 2 aliphatic rings. The van der Waals surface area contributed by atoms with Crippen molar-refractivity contribution in [1.29, 1.82) is 0 Å². The van der Waals surface area contributed by atoms with Crippen LogP contribution in [0, 0.1) is 5.92 Å². The fraction of sp³-hybridized carbons (Fsp3) is 0.933. The molecule has 4 nitrogen and oxygen atoms in total. The van der Waals surface area contributed by atoms with Gasteiger partial charge >= 0.3 is 5.97 Å². The van der Waals surface area contributed by atoms with Crippen LogP contribution in [0.1, 0.15) is 45.4 Å². The Morgan fingerprint density at radius 2 is 1.95 bits per heavy atom. The van der Waals surface area contributed by atoms with Gasteiger partial charge in [0.25, 0.3) is 0 Å². The normalized spacial score (nSPS) is 24.1. The molecule has 4 heteroatoms. The summed E-state index contributed by atoms with van der Waals surface area (Å²) in [6, 6.07) is 0.364. The molecule has 1 heterocycles. The maximum absolute atomic E-state index is 11.9. The van der Waals surface area contributed by atoms with Crippen LogP contribution in [-0.4, -0.2) is 49.8 Å². The number of esters is 1. The predicted octanol–water partition coefficient (Wildman–Crippen LogP) is 2.22. The lowest BCUT2D eigenvalue weighted by atomic mass is 9.82. The van der Waals surface area contributed by atoms with E-state index in [1.165, 1.54) is 32.1 Å². The predicted molar refractivity (Wildman–Crippen MR) is 74.0 cm³/mol. The number of rotatable bonds is 5. The van der Waals surface area contributed by atoms with Crippen molar-refractivity contribution in [3.8, 4) is 0 Å². The Hall–Kier alpha value is -0.610. The van der Waals surface area contributed by atoms with Gasteiger partial charge in [0.2, 0.25) is 0 Å². The van der Waals surface area contributed by atoms with Gasteiger partial charge in [-0.3, -0.25) is 9.69 Å². The first-order valence-electron chi connectivity index (χ1n) is 7.78. The monoisotopic (exact) mass is 269 g/mol. The second kappa shape index (κ2) is 7.85. The van der Waals surface area contributed by atoms with Gasteiger partial charge in [0.1, 0.15) is 0 Å². The first-order valence-corrected chi connectivity index (χ1v) is 7.78. The maximum Gasteiger partial charge on any atom is 0.307 e. The molecule has 0 amide bonds. The minimum Gasteiger partial charge on any atom is -0.466 e. The Balaban J connectivity index is 1.96. The molecule has 1 saturated carbocycles. The molecule has 0 aromatic carbocycles. The molecule has 1 saturated heterocycles. The van der Waals surface area contributed by atoms with Gasteiger partial charge in [-0.25, -0.2) is 0 Å². The fourth-order valence-corrected chi connectivity index (χ4v) is 3.41. The van der Waals surface area contributed by atoms with Crippen LogP contribution in [0.4, 0.5) is 0 Å². The molecule has 0 aromatic rings. The lowest BCUT2D eigenvalue weighted by Gasteiger charge is -2.40. The molecule has 2 fully saturated rings. The van der Waals surface area contributed by atoms with E-state index in [4.69, 9.17) is 9.47 Å². The van der Waals surface area contributed by atoms with Crippen LogP contribution in [0.15, 0.2) is 0 Å². The van der Waals surface area contributed by atoms with Gasteiger partial charge in [-0.15, -0.1) is 0 Å². The summed E-state index contributed by atoms with van der Waals surface area (Å²) in [5.41, 5.74) is 0. The third-order valence-electron chi connectivity index (χ3n) is 4.39. The van der Waals surface area contributed by atoms with Crippen molar-refractivity contribution in [2.45, 2.75) is 51.5 Å². The summed E-state index contributed by atoms with van der Waals surface area (Å²) in [4.78, 5) is 14.3. The minimum absolute atomic E-state index is 0.0374. The van der Waals surface area contributed by atoms with Crippen molar-refractivity contribution in [3.05, 3.63) is 0 Å². The summed E-state index contributed by atoms with van der Waals surface area (Å²) in [7, 11) is 0. The lowest BCUT2D eigenvalue weighted by Crippen LogP contribution is -2.48. The highest BCUT2D eigenvalue weighted by molar-refractivity contribution is 5.70. The van der Waals surface area contributed by atoms with Crippen molar-refractivity contribution >= 4 is 5.97 Å². The highest BCUT2D eigenvalue weighted by Crippen LogP contribution is 2.31. The summed E-state index contributed by atoms with van der Waals surface area (Å²) in [6.07, 6.45) is 7.07.